The van der Waals surface area contributed by atoms with Crippen molar-refractivity contribution in [2.45, 2.75) is 52.5 Å². The minimum Gasteiger partial charge on any atom is -0.344 e. The van der Waals surface area contributed by atoms with Gasteiger partial charge in [0.2, 0.25) is 5.13 Å². The molecule has 0 aliphatic rings. The molecule has 5 nitrogen and oxygen atoms in total. The molecule has 1 N–H and O–H groups in total. The van der Waals surface area contributed by atoms with E-state index in [-0.39, 0.29) is 5.41 Å². The summed E-state index contributed by atoms with van der Waals surface area (Å²) < 4.78 is 4.38. The van der Waals surface area contributed by atoms with Gasteiger partial charge in [-0.3, -0.25) is 5.10 Å². The molecule has 6 heteroatoms. The minimum atomic E-state index is 0.0738. The van der Waals surface area contributed by atoms with Gasteiger partial charge >= 0.3 is 0 Å². The van der Waals surface area contributed by atoms with Crippen LogP contribution >= 0.6 is 11.5 Å². The van der Waals surface area contributed by atoms with Gasteiger partial charge in [0.15, 0.2) is 0 Å². The number of nitrogens with zero attached hydrogens (tertiary/aromatic N) is 4. The molecule has 2 heterocycles. The molecule has 0 aromatic carbocycles. The molecule has 0 bridgehead atoms. The maximum atomic E-state index is 4.55. The second-order valence-corrected chi connectivity index (χ2v) is 6.86. The van der Waals surface area contributed by atoms with Gasteiger partial charge in [0.05, 0.1) is 17.9 Å². The smallest absolute Gasteiger partial charge is 0.205 e. The highest BCUT2D eigenvalue weighted by Gasteiger charge is 2.18. The summed E-state index contributed by atoms with van der Waals surface area (Å²) in [5.74, 6) is 0.944. The normalized spacial score (nSPS) is 11.8. The SMILES string of the molecule is CCCc1nsc(N(C)Cc2cc(C(C)(C)C)n[nH]2)n1. The van der Waals surface area contributed by atoms with Gasteiger partial charge in [-0.2, -0.15) is 9.47 Å². The molecule has 0 saturated heterocycles. The van der Waals surface area contributed by atoms with Crippen LogP contribution in [0.15, 0.2) is 6.07 Å². The highest BCUT2D eigenvalue weighted by atomic mass is 32.1. The molecule has 0 atom stereocenters. The van der Waals surface area contributed by atoms with Gasteiger partial charge in [-0.15, -0.1) is 0 Å². The number of H-pyrrole nitrogens is 1. The van der Waals surface area contributed by atoms with Crippen LogP contribution in [0.25, 0.3) is 0 Å². The van der Waals surface area contributed by atoms with Crippen molar-refractivity contribution >= 4 is 16.7 Å². The van der Waals surface area contributed by atoms with Crippen LogP contribution < -0.4 is 4.90 Å². The number of hydrogen-bond donors (Lipinski definition) is 1. The van der Waals surface area contributed by atoms with Crippen LogP contribution in [0, 0.1) is 0 Å². The molecular formula is C14H23N5S. The van der Waals surface area contributed by atoms with Gasteiger partial charge in [-0.1, -0.05) is 27.7 Å². The molecule has 0 aliphatic carbocycles. The molecule has 2 rings (SSSR count). The summed E-state index contributed by atoms with van der Waals surface area (Å²) in [6.45, 7) is 9.40. The van der Waals surface area contributed by atoms with Crippen LogP contribution in [0.3, 0.4) is 0 Å². The molecule has 2 aromatic rings. The molecule has 0 aliphatic heterocycles. The van der Waals surface area contributed by atoms with Crippen LogP contribution in [-0.2, 0) is 18.4 Å². The lowest BCUT2D eigenvalue weighted by Crippen LogP contribution is -2.16. The number of aromatic amines is 1. The largest absolute Gasteiger partial charge is 0.344 e. The summed E-state index contributed by atoms with van der Waals surface area (Å²) in [4.78, 5) is 6.66. The molecule has 2 aromatic heterocycles. The zero-order valence-corrected chi connectivity index (χ0v) is 13.7. The van der Waals surface area contributed by atoms with Crippen molar-refractivity contribution in [2.75, 3.05) is 11.9 Å². The van der Waals surface area contributed by atoms with E-state index in [2.05, 4.69) is 58.2 Å². The standard InChI is InChI=1S/C14H23N5S/c1-6-7-12-15-13(20-18-12)19(5)9-10-8-11(17-16-10)14(2,3)4/h8H,6-7,9H2,1-5H3,(H,16,17). The third-order valence-electron chi connectivity index (χ3n) is 3.06. The minimum absolute atomic E-state index is 0.0738. The van der Waals surface area contributed by atoms with Crippen LogP contribution in [0.4, 0.5) is 5.13 Å². The first-order chi connectivity index (χ1) is 9.40. The lowest BCUT2D eigenvalue weighted by atomic mass is 9.92. The molecular weight excluding hydrogens is 270 g/mol. The summed E-state index contributed by atoms with van der Waals surface area (Å²) in [5, 5.41) is 8.45. The zero-order chi connectivity index (χ0) is 14.8. The predicted molar refractivity (Wildman–Crippen MR) is 83.3 cm³/mol. The Hall–Kier alpha value is -1.43. The number of rotatable bonds is 5. The molecule has 20 heavy (non-hydrogen) atoms. The Kier molecular flexibility index (Phi) is 4.42. The van der Waals surface area contributed by atoms with Crippen molar-refractivity contribution in [1.29, 1.82) is 0 Å². The van der Waals surface area contributed by atoms with Gasteiger partial charge in [-0.05, 0) is 12.5 Å². The van der Waals surface area contributed by atoms with Crippen LogP contribution in [0.1, 0.15) is 51.3 Å². The average molecular weight is 293 g/mol. The van der Waals surface area contributed by atoms with Crippen molar-refractivity contribution in [3.8, 4) is 0 Å². The Morgan fingerprint density at radius 2 is 2.10 bits per heavy atom. The quantitative estimate of drug-likeness (QED) is 0.920. The van der Waals surface area contributed by atoms with Crippen LogP contribution in [0.2, 0.25) is 0 Å². The maximum absolute atomic E-state index is 4.55. The highest BCUT2D eigenvalue weighted by Crippen LogP contribution is 2.22. The number of anilines is 1. The third-order valence-corrected chi connectivity index (χ3v) is 3.93. The first-order valence-electron chi connectivity index (χ1n) is 6.98. The van der Waals surface area contributed by atoms with E-state index in [0.717, 1.165) is 41.7 Å². The van der Waals surface area contributed by atoms with E-state index in [1.165, 1.54) is 11.5 Å². The van der Waals surface area contributed by atoms with E-state index in [4.69, 9.17) is 0 Å². The topological polar surface area (TPSA) is 57.7 Å². The van der Waals surface area contributed by atoms with Crippen molar-refractivity contribution in [1.82, 2.24) is 19.6 Å². The first kappa shape index (κ1) is 15.0. The first-order valence-corrected chi connectivity index (χ1v) is 7.76. The van der Waals surface area contributed by atoms with Crippen LogP contribution in [-0.4, -0.2) is 26.6 Å². The van der Waals surface area contributed by atoms with E-state index in [0.29, 0.717) is 0 Å². The lowest BCUT2D eigenvalue weighted by molar-refractivity contribution is 0.567. The zero-order valence-electron chi connectivity index (χ0n) is 12.9. The summed E-state index contributed by atoms with van der Waals surface area (Å²) in [5.41, 5.74) is 2.26. The van der Waals surface area contributed by atoms with E-state index in [1.54, 1.807) is 0 Å². The second kappa shape index (κ2) is 5.91. The molecule has 110 valence electrons. The second-order valence-electron chi connectivity index (χ2n) is 6.13. The summed E-state index contributed by atoms with van der Waals surface area (Å²) in [7, 11) is 2.04. The summed E-state index contributed by atoms with van der Waals surface area (Å²) >= 11 is 1.46. The van der Waals surface area contributed by atoms with Crippen LogP contribution in [0.5, 0.6) is 0 Å². The maximum Gasteiger partial charge on any atom is 0.205 e. The number of nitrogens with one attached hydrogen (secondary N) is 1. The molecule has 0 radical (unpaired) electrons. The van der Waals surface area contributed by atoms with E-state index in [9.17, 15) is 0 Å². The lowest BCUT2D eigenvalue weighted by Gasteiger charge is -2.14. The Bertz CT molecular complexity index is 552. The fraction of sp³-hybridized carbons (Fsp3) is 0.643. The van der Waals surface area contributed by atoms with Crippen molar-refractivity contribution in [3.05, 3.63) is 23.3 Å². The predicted octanol–water partition coefficient (Wildman–Crippen LogP) is 3.15. The van der Waals surface area contributed by atoms with Crippen molar-refractivity contribution < 1.29 is 0 Å². The Balaban J connectivity index is 2.03. The fourth-order valence-corrected chi connectivity index (χ4v) is 2.54. The molecule has 0 saturated carbocycles. The summed E-state index contributed by atoms with van der Waals surface area (Å²) in [6, 6.07) is 2.13. The third kappa shape index (κ3) is 3.56. The Labute approximate surface area is 124 Å². The molecule has 0 fully saturated rings. The number of aromatic nitrogens is 4. The van der Waals surface area contributed by atoms with Gasteiger partial charge in [0.1, 0.15) is 5.82 Å². The number of aryl methyl sites for hydroxylation is 1. The number of hydrogen-bond acceptors (Lipinski definition) is 5. The monoisotopic (exact) mass is 293 g/mol. The fourth-order valence-electron chi connectivity index (χ4n) is 1.87. The van der Waals surface area contributed by atoms with Gasteiger partial charge in [0.25, 0.3) is 0 Å². The van der Waals surface area contributed by atoms with Gasteiger partial charge in [-0.25, -0.2) is 4.98 Å². The van der Waals surface area contributed by atoms with E-state index in [1.807, 2.05) is 7.05 Å². The van der Waals surface area contributed by atoms with Crippen molar-refractivity contribution in [3.63, 3.8) is 0 Å². The van der Waals surface area contributed by atoms with E-state index < -0.39 is 0 Å². The van der Waals surface area contributed by atoms with E-state index >= 15 is 0 Å². The summed E-state index contributed by atoms with van der Waals surface area (Å²) in [6.07, 6.45) is 2.03. The highest BCUT2D eigenvalue weighted by molar-refractivity contribution is 7.09. The Morgan fingerprint density at radius 1 is 1.35 bits per heavy atom. The average Bonchev–Trinajstić information content (AvgIpc) is 2.97. The van der Waals surface area contributed by atoms with Gasteiger partial charge < -0.3 is 4.90 Å². The molecule has 0 spiro atoms. The van der Waals surface area contributed by atoms with Gasteiger partial charge in [0, 0.05) is 30.4 Å². The van der Waals surface area contributed by atoms with Crippen molar-refractivity contribution in [2.24, 2.45) is 0 Å². The molecule has 0 unspecified atom stereocenters. The Morgan fingerprint density at radius 3 is 2.70 bits per heavy atom. The molecule has 0 amide bonds.